The van der Waals surface area contributed by atoms with Gasteiger partial charge in [0, 0.05) is 22.5 Å². The third-order valence-electron chi connectivity index (χ3n) is 7.01. The van der Waals surface area contributed by atoms with Crippen LogP contribution in [0, 0.1) is 6.92 Å². The molecule has 4 heterocycles. The van der Waals surface area contributed by atoms with E-state index in [1.807, 2.05) is 13.0 Å². The Bertz CT molecular complexity index is 1660. The molecule has 4 aliphatic rings. The van der Waals surface area contributed by atoms with Crippen LogP contribution in [0.1, 0.15) is 16.7 Å². The SMILES string of the molecule is Cc1ccc(S(=O)(=O)OC[C@H]2COc3ccc4c(c3O2)CC(=O)N4)cc1.O.O=C1Cc2c(ccc3c2O[C@@H](CO)CO3)N1. The Balaban J connectivity index is 0.000000186. The molecule has 2 amide bonds. The van der Waals surface area contributed by atoms with Crippen molar-refractivity contribution in [2.45, 2.75) is 36.9 Å². The van der Waals surface area contributed by atoms with Gasteiger partial charge in [-0.2, -0.15) is 8.42 Å². The Labute approximate surface area is 247 Å². The summed E-state index contributed by atoms with van der Waals surface area (Å²) in [6, 6.07) is 13.5. The van der Waals surface area contributed by atoms with Crippen LogP contribution in [0.15, 0.2) is 53.4 Å². The van der Waals surface area contributed by atoms with Crippen LogP contribution >= 0.6 is 0 Å². The van der Waals surface area contributed by atoms with E-state index in [0.29, 0.717) is 41.7 Å². The summed E-state index contributed by atoms with van der Waals surface area (Å²) in [5, 5.41) is 14.5. The molecule has 0 aliphatic carbocycles. The Morgan fingerprint density at radius 1 is 0.814 bits per heavy atom. The number of carbonyl (C=O) groups is 2. The van der Waals surface area contributed by atoms with Crippen molar-refractivity contribution in [2.24, 2.45) is 0 Å². The van der Waals surface area contributed by atoms with Crippen LogP contribution < -0.4 is 29.6 Å². The van der Waals surface area contributed by atoms with E-state index in [1.165, 1.54) is 12.1 Å². The maximum atomic E-state index is 12.3. The molecule has 13 nitrogen and oxygen atoms in total. The van der Waals surface area contributed by atoms with Gasteiger partial charge in [0.05, 0.1) is 24.3 Å². The zero-order valence-corrected chi connectivity index (χ0v) is 23.9. The van der Waals surface area contributed by atoms with Gasteiger partial charge in [-0.15, -0.1) is 0 Å². The van der Waals surface area contributed by atoms with Gasteiger partial charge in [-0.25, -0.2) is 0 Å². The number of aryl methyl sites for hydroxylation is 1. The van der Waals surface area contributed by atoms with E-state index in [2.05, 4.69) is 10.6 Å². The lowest BCUT2D eigenvalue weighted by Gasteiger charge is -2.27. The number of amides is 2. The Morgan fingerprint density at radius 2 is 1.33 bits per heavy atom. The molecule has 0 radical (unpaired) electrons. The lowest BCUT2D eigenvalue weighted by atomic mass is 10.1. The van der Waals surface area contributed by atoms with Gasteiger partial charge < -0.3 is 40.2 Å². The number of carbonyl (C=O) groups excluding carboxylic acids is 2. The fraction of sp³-hybridized carbons (Fsp3) is 0.310. The van der Waals surface area contributed by atoms with Crippen molar-refractivity contribution in [1.29, 1.82) is 0 Å². The highest BCUT2D eigenvalue weighted by atomic mass is 32.2. The van der Waals surface area contributed by atoms with Gasteiger partial charge in [-0.3, -0.25) is 13.8 Å². The molecule has 0 saturated carbocycles. The maximum Gasteiger partial charge on any atom is 0.297 e. The highest BCUT2D eigenvalue weighted by Crippen LogP contribution is 2.43. The molecule has 3 aromatic rings. The number of anilines is 2. The number of benzene rings is 3. The zero-order chi connectivity index (χ0) is 29.4. The number of aliphatic hydroxyl groups excluding tert-OH is 1. The summed E-state index contributed by atoms with van der Waals surface area (Å²) in [6.45, 7) is 2.10. The molecule has 0 saturated heterocycles. The minimum atomic E-state index is -3.88. The van der Waals surface area contributed by atoms with Crippen molar-refractivity contribution < 1.29 is 51.7 Å². The molecule has 7 rings (SSSR count). The van der Waals surface area contributed by atoms with Gasteiger partial charge >= 0.3 is 0 Å². The highest BCUT2D eigenvalue weighted by Gasteiger charge is 2.32. The van der Waals surface area contributed by atoms with Crippen LogP contribution in [0.5, 0.6) is 23.0 Å². The van der Waals surface area contributed by atoms with Crippen LogP contribution in [0.4, 0.5) is 11.4 Å². The fourth-order valence-corrected chi connectivity index (χ4v) is 5.81. The summed E-state index contributed by atoms with van der Waals surface area (Å²) in [6.07, 6.45) is -0.434. The lowest BCUT2D eigenvalue weighted by molar-refractivity contribution is -0.116. The van der Waals surface area contributed by atoms with Crippen molar-refractivity contribution in [3.8, 4) is 23.0 Å². The molecule has 0 aromatic heterocycles. The third-order valence-corrected chi connectivity index (χ3v) is 8.31. The van der Waals surface area contributed by atoms with E-state index in [1.54, 1.807) is 30.3 Å². The molecular weight excluding hydrogens is 584 g/mol. The molecule has 0 unspecified atom stereocenters. The minimum absolute atomic E-state index is 0. The molecule has 43 heavy (non-hydrogen) atoms. The second-order valence-electron chi connectivity index (χ2n) is 10.1. The number of hydrogen-bond donors (Lipinski definition) is 3. The van der Waals surface area contributed by atoms with Gasteiger partial charge in [0.25, 0.3) is 10.1 Å². The molecule has 3 aromatic carbocycles. The predicted octanol–water partition coefficient (Wildman–Crippen LogP) is 1.52. The summed E-state index contributed by atoms with van der Waals surface area (Å²) in [5.41, 5.74) is 3.96. The van der Waals surface area contributed by atoms with Crippen molar-refractivity contribution >= 4 is 33.3 Å². The fourth-order valence-electron chi connectivity index (χ4n) is 4.87. The largest absolute Gasteiger partial charge is 0.486 e. The molecule has 4 aliphatic heterocycles. The standard InChI is InChI=1S/C18H17NO6S.C11H11NO4.H2O/c1-11-2-4-13(5-3-11)26(21,22)24-10-12-9-23-16-7-6-15-14(18(16)25-12)8-17(20)19-15;13-4-6-5-15-9-2-1-8-7(11(9)16-6)3-10(14)12-8;/h2-7,12H,8-10H2,1H3,(H,19,20);1-2,6,13H,3-5H2,(H,12,14);1H2/t12-;6-;/m10./s1. The third kappa shape index (κ3) is 6.22. The summed E-state index contributed by atoms with van der Waals surface area (Å²) < 4.78 is 52.3. The van der Waals surface area contributed by atoms with Crippen LogP contribution in [0.2, 0.25) is 0 Å². The summed E-state index contributed by atoms with van der Waals surface area (Å²) in [4.78, 5) is 23.0. The van der Waals surface area contributed by atoms with E-state index in [-0.39, 0.29) is 54.5 Å². The number of nitrogens with one attached hydrogen (secondary N) is 2. The van der Waals surface area contributed by atoms with E-state index in [4.69, 9.17) is 28.2 Å². The van der Waals surface area contributed by atoms with Crippen molar-refractivity contribution in [3.05, 3.63) is 65.2 Å². The van der Waals surface area contributed by atoms with Crippen LogP contribution in [0.25, 0.3) is 0 Å². The van der Waals surface area contributed by atoms with Crippen LogP contribution in [-0.4, -0.2) is 69.5 Å². The Morgan fingerprint density at radius 3 is 1.86 bits per heavy atom. The first-order chi connectivity index (χ1) is 20.2. The quantitative estimate of drug-likeness (QED) is 0.355. The normalized spacial score (nSPS) is 19.1. The van der Waals surface area contributed by atoms with Crippen LogP contribution in [-0.2, 0) is 36.7 Å². The summed E-state index contributed by atoms with van der Waals surface area (Å²) in [5.74, 6) is 2.07. The second-order valence-corrected chi connectivity index (χ2v) is 11.7. The number of rotatable bonds is 5. The van der Waals surface area contributed by atoms with Gasteiger partial charge in [-0.1, -0.05) is 17.7 Å². The average Bonchev–Trinajstić information content (AvgIpc) is 3.57. The number of fused-ring (bicyclic) bond motifs is 6. The first-order valence-electron chi connectivity index (χ1n) is 13.3. The number of aliphatic hydroxyl groups is 1. The predicted molar refractivity (Wildman–Crippen MR) is 152 cm³/mol. The van der Waals surface area contributed by atoms with Crippen LogP contribution in [0.3, 0.4) is 0 Å². The summed E-state index contributed by atoms with van der Waals surface area (Å²) >= 11 is 0. The average molecular weight is 615 g/mol. The molecular formula is C29H30N2O11S. The molecule has 14 heteroatoms. The molecule has 0 spiro atoms. The smallest absolute Gasteiger partial charge is 0.297 e. The molecule has 0 fully saturated rings. The summed E-state index contributed by atoms with van der Waals surface area (Å²) in [7, 11) is -3.88. The van der Waals surface area contributed by atoms with E-state index >= 15 is 0 Å². The molecule has 5 N–H and O–H groups in total. The van der Waals surface area contributed by atoms with E-state index < -0.39 is 16.2 Å². The monoisotopic (exact) mass is 614 g/mol. The minimum Gasteiger partial charge on any atom is -0.486 e. The van der Waals surface area contributed by atoms with Crippen molar-refractivity contribution in [1.82, 2.24) is 0 Å². The molecule has 228 valence electrons. The topological polar surface area (TPSA) is 190 Å². The number of hydrogen-bond acceptors (Lipinski definition) is 10. The lowest BCUT2D eigenvalue weighted by Crippen LogP contribution is -2.34. The van der Waals surface area contributed by atoms with Gasteiger partial charge in [0.1, 0.15) is 19.8 Å². The molecule has 0 bridgehead atoms. The number of ether oxygens (including phenoxy) is 4. The Hall–Kier alpha value is -4.37. The van der Waals surface area contributed by atoms with E-state index in [0.717, 1.165) is 22.4 Å². The van der Waals surface area contributed by atoms with Gasteiger partial charge in [0.15, 0.2) is 35.2 Å². The maximum absolute atomic E-state index is 12.3. The second kappa shape index (κ2) is 12.1. The van der Waals surface area contributed by atoms with Crippen molar-refractivity contribution in [3.63, 3.8) is 0 Å². The van der Waals surface area contributed by atoms with E-state index in [9.17, 15) is 18.0 Å². The van der Waals surface area contributed by atoms with Gasteiger partial charge in [-0.05, 0) is 43.3 Å². The molecule has 2 atom stereocenters. The highest BCUT2D eigenvalue weighted by molar-refractivity contribution is 7.86. The zero-order valence-electron chi connectivity index (χ0n) is 23.0. The first kappa shape index (κ1) is 30.1. The first-order valence-corrected chi connectivity index (χ1v) is 14.7. The van der Waals surface area contributed by atoms with Crippen molar-refractivity contribution in [2.75, 3.05) is 37.1 Å². The Kier molecular flexibility index (Phi) is 8.46. The van der Waals surface area contributed by atoms with Gasteiger partial charge in [0.2, 0.25) is 11.8 Å².